The van der Waals surface area contributed by atoms with Gasteiger partial charge in [0, 0.05) is 26.1 Å². The number of nitrogens with one attached hydrogen (secondary N) is 1. The molecule has 2 saturated heterocycles. The van der Waals surface area contributed by atoms with Crippen LogP contribution in [0.4, 0.5) is 0 Å². The van der Waals surface area contributed by atoms with Crippen molar-refractivity contribution < 1.29 is 19.1 Å². The predicted octanol–water partition coefficient (Wildman–Crippen LogP) is 3.56. The highest BCUT2D eigenvalue weighted by Gasteiger charge is 2.33. The summed E-state index contributed by atoms with van der Waals surface area (Å²) >= 11 is 0. The molecular weight excluding hydrogens is 466 g/mol. The van der Waals surface area contributed by atoms with E-state index in [1.807, 2.05) is 18.2 Å². The Balaban J connectivity index is 1.11. The molecule has 2 aromatic carbocycles. The van der Waals surface area contributed by atoms with Crippen molar-refractivity contribution >= 4 is 11.8 Å². The average molecular weight is 508 g/mol. The van der Waals surface area contributed by atoms with E-state index in [4.69, 9.17) is 9.47 Å². The van der Waals surface area contributed by atoms with Crippen LogP contribution in [0.1, 0.15) is 36.8 Å². The molecule has 7 heteroatoms. The molecule has 0 spiro atoms. The van der Waals surface area contributed by atoms with Crippen molar-refractivity contribution in [3.63, 3.8) is 0 Å². The maximum Gasteiger partial charge on any atom is 0.225 e. The number of methoxy groups -OCH3 is 2. The van der Waals surface area contributed by atoms with Gasteiger partial charge in [-0.3, -0.25) is 9.59 Å². The van der Waals surface area contributed by atoms with Crippen LogP contribution in [0.3, 0.4) is 0 Å². The minimum absolute atomic E-state index is 0.00327. The minimum Gasteiger partial charge on any atom is -0.493 e. The lowest BCUT2D eigenvalue weighted by atomic mass is 9.90. The molecule has 0 aliphatic carbocycles. The Labute approximate surface area is 221 Å². The van der Waals surface area contributed by atoms with Crippen LogP contribution in [0.5, 0.6) is 11.5 Å². The van der Waals surface area contributed by atoms with Crippen LogP contribution in [-0.2, 0) is 22.4 Å². The number of benzene rings is 2. The number of rotatable bonds is 12. The maximum absolute atomic E-state index is 12.7. The standard InChI is InChI=1S/C30H41N3O4/c1-36-27-10-9-24(20-28(27)37-2)13-18-33-22-26(21-29(33)34)30(35)31-14-6-15-32-16-11-25(12-17-32)19-23-7-4-3-5-8-23/h3-5,7-10,20,25-26H,6,11-19,21-22H2,1-2H3,(H,31,35). The van der Waals surface area contributed by atoms with Gasteiger partial charge in [-0.05, 0) is 80.9 Å². The van der Waals surface area contributed by atoms with Gasteiger partial charge in [-0.15, -0.1) is 0 Å². The van der Waals surface area contributed by atoms with Crippen LogP contribution in [0, 0.1) is 11.8 Å². The monoisotopic (exact) mass is 507 g/mol. The Hall–Kier alpha value is -3.06. The van der Waals surface area contributed by atoms with Gasteiger partial charge in [0.25, 0.3) is 0 Å². The topological polar surface area (TPSA) is 71.1 Å². The van der Waals surface area contributed by atoms with Crippen molar-refractivity contribution in [2.24, 2.45) is 11.8 Å². The van der Waals surface area contributed by atoms with Gasteiger partial charge in [0.15, 0.2) is 11.5 Å². The second-order valence-corrected chi connectivity index (χ2v) is 10.3. The molecule has 2 aliphatic rings. The van der Waals surface area contributed by atoms with E-state index in [0.717, 1.165) is 37.5 Å². The Kier molecular flexibility index (Phi) is 9.83. The van der Waals surface area contributed by atoms with Crippen LogP contribution >= 0.6 is 0 Å². The van der Waals surface area contributed by atoms with E-state index in [1.165, 1.54) is 24.8 Å². The highest BCUT2D eigenvalue weighted by Crippen LogP contribution is 2.28. The molecule has 37 heavy (non-hydrogen) atoms. The molecule has 200 valence electrons. The van der Waals surface area contributed by atoms with Crippen LogP contribution in [-0.4, -0.2) is 75.1 Å². The van der Waals surface area contributed by atoms with Gasteiger partial charge in [0.1, 0.15) is 0 Å². The summed E-state index contributed by atoms with van der Waals surface area (Å²) in [6.45, 7) is 5.04. The molecule has 4 rings (SSSR count). The minimum atomic E-state index is -0.258. The van der Waals surface area contributed by atoms with Crippen LogP contribution in [0.2, 0.25) is 0 Å². The normalized spacial score (nSPS) is 18.7. The average Bonchev–Trinajstić information content (AvgIpc) is 3.31. The summed E-state index contributed by atoms with van der Waals surface area (Å²) in [5, 5.41) is 3.07. The lowest BCUT2D eigenvalue weighted by molar-refractivity contribution is -0.129. The second-order valence-electron chi connectivity index (χ2n) is 10.3. The third-order valence-electron chi connectivity index (χ3n) is 7.73. The van der Waals surface area contributed by atoms with Gasteiger partial charge in [0.2, 0.25) is 11.8 Å². The number of carbonyl (C=O) groups excluding carboxylic acids is 2. The molecule has 2 aliphatic heterocycles. The number of hydrogen-bond donors (Lipinski definition) is 1. The molecular formula is C30H41N3O4. The highest BCUT2D eigenvalue weighted by molar-refractivity contribution is 5.89. The van der Waals surface area contributed by atoms with Crippen molar-refractivity contribution in [3.05, 3.63) is 59.7 Å². The van der Waals surface area contributed by atoms with E-state index >= 15 is 0 Å². The van der Waals surface area contributed by atoms with Crippen LogP contribution < -0.4 is 14.8 Å². The van der Waals surface area contributed by atoms with E-state index in [9.17, 15) is 9.59 Å². The van der Waals surface area contributed by atoms with Crippen molar-refractivity contribution in [1.29, 1.82) is 0 Å². The fourth-order valence-corrected chi connectivity index (χ4v) is 5.48. The largest absolute Gasteiger partial charge is 0.493 e. The SMILES string of the molecule is COc1ccc(CCN2CC(C(=O)NCCCN3CCC(Cc4ccccc4)CC3)CC2=O)cc1OC. The quantitative estimate of drug-likeness (QED) is 0.445. The van der Waals surface area contributed by atoms with E-state index in [-0.39, 0.29) is 17.7 Å². The molecule has 2 aromatic rings. The molecule has 0 saturated carbocycles. The Morgan fingerprint density at radius 2 is 1.73 bits per heavy atom. The second kappa shape index (κ2) is 13.5. The highest BCUT2D eigenvalue weighted by atomic mass is 16.5. The Morgan fingerprint density at radius 3 is 2.46 bits per heavy atom. The number of hydrogen-bond acceptors (Lipinski definition) is 5. The maximum atomic E-state index is 12.7. The van der Waals surface area contributed by atoms with Gasteiger partial charge in [-0.1, -0.05) is 36.4 Å². The fourth-order valence-electron chi connectivity index (χ4n) is 5.48. The summed E-state index contributed by atoms with van der Waals surface area (Å²) in [5.41, 5.74) is 2.51. The number of carbonyl (C=O) groups is 2. The van der Waals surface area contributed by atoms with Crippen molar-refractivity contribution in [1.82, 2.24) is 15.1 Å². The summed E-state index contributed by atoms with van der Waals surface area (Å²) in [6.07, 6.45) is 5.61. The molecule has 2 heterocycles. The van der Waals surface area contributed by atoms with Crippen LogP contribution in [0.15, 0.2) is 48.5 Å². The first-order valence-electron chi connectivity index (χ1n) is 13.6. The molecule has 1 N–H and O–H groups in total. The third-order valence-corrected chi connectivity index (χ3v) is 7.73. The van der Waals surface area contributed by atoms with Crippen molar-refractivity contribution in [3.8, 4) is 11.5 Å². The molecule has 1 unspecified atom stereocenters. The summed E-state index contributed by atoms with van der Waals surface area (Å²) < 4.78 is 10.7. The van der Waals surface area contributed by atoms with Crippen molar-refractivity contribution in [2.75, 3.05) is 53.5 Å². The third kappa shape index (κ3) is 7.71. The smallest absolute Gasteiger partial charge is 0.225 e. The fraction of sp³-hybridized carbons (Fsp3) is 0.533. The number of piperidine rings is 1. The molecule has 1 atom stereocenters. The van der Waals surface area contributed by atoms with E-state index < -0.39 is 0 Å². The molecule has 7 nitrogen and oxygen atoms in total. The molecule has 2 amide bonds. The number of ether oxygens (including phenoxy) is 2. The van der Waals surface area contributed by atoms with E-state index in [2.05, 4.69) is 40.5 Å². The lowest BCUT2D eigenvalue weighted by Gasteiger charge is -2.32. The van der Waals surface area contributed by atoms with Gasteiger partial charge in [0.05, 0.1) is 20.1 Å². The molecule has 0 bridgehead atoms. The molecule has 2 fully saturated rings. The predicted molar refractivity (Wildman–Crippen MR) is 145 cm³/mol. The number of nitrogens with zero attached hydrogens (tertiary/aromatic N) is 2. The first kappa shape index (κ1) is 27.0. The van der Waals surface area contributed by atoms with Gasteiger partial charge < -0.3 is 24.6 Å². The number of likely N-dealkylation sites (tertiary alicyclic amines) is 2. The van der Waals surface area contributed by atoms with E-state index in [0.29, 0.717) is 44.0 Å². The zero-order valence-electron chi connectivity index (χ0n) is 22.3. The summed E-state index contributed by atoms with van der Waals surface area (Å²) in [5.74, 6) is 1.94. The summed E-state index contributed by atoms with van der Waals surface area (Å²) in [6, 6.07) is 16.6. The first-order chi connectivity index (χ1) is 18.1. The summed E-state index contributed by atoms with van der Waals surface area (Å²) in [4.78, 5) is 29.5. The van der Waals surface area contributed by atoms with Gasteiger partial charge in [-0.2, -0.15) is 0 Å². The van der Waals surface area contributed by atoms with Crippen LogP contribution in [0.25, 0.3) is 0 Å². The zero-order valence-corrected chi connectivity index (χ0v) is 22.3. The zero-order chi connectivity index (χ0) is 26.0. The van der Waals surface area contributed by atoms with Gasteiger partial charge in [-0.25, -0.2) is 0 Å². The van der Waals surface area contributed by atoms with E-state index in [1.54, 1.807) is 19.1 Å². The summed E-state index contributed by atoms with van der Waals surface area (Å²) in [7, 11) is 3.23. The lowest BCUT2D eigenvalue weighted by Crippen LogP contribution is -2.38. The van der Waals surface area contributed by atoms with Gasteiger partial charge >= 0.3 is 0 Å². The first-order valence-corrected chi connectivity index (χ1v) is 13.6. The number of amides is 2. The Morgan fingerprint density at radius 1 is 0.973 bits per heavy atom. The molecule has 0 radical (unpaired) electrons. The molecule has 0 aromatic heterocycles. The van der Waals surface area contributed by atoms with Crippen molar-refractivity contribution in [2.45, 2.75) is 38.5 Å². The Bertz CT molecular complexity index is 1020.